The van der Waals surface area contributed by atoms with Crippen LogP contribution in [-0.4, -0.2) is 46.3 Å². The number of hydrogen-bond acceptors (Lipinski definition) is 6. The molecule has 1 N–H and O–H groups in total. The second-order valence-electron chi connectivity index (χ2n) is 7.06. The normalized spacial score (nSPS) is 11.6. The molecule has 0 saturated heterocycles. The predicted molar refractivity (Wildman–Crippen MR) is 102 cm³/mol. The summed E-state index contributed by atoms with van der Waals surface area (Å²) in [7, 11) is 1.83. The smallest absolute Gasteiger partial charge is 0.288 e. The maximum absolute atomic E-state index is 12.0. The quantitative estimate of drug-likeness (QED) is 0.747. The van der Waals surface area contributed by atoms with Gasteiger partial charge in [0.25, 0.3) is 10.7 Å². The molecule has 1 heterocycles. The lowest BCUT2D eigenvalue weighted by Crippen LogP contribution is -2.45. The van der Waals surface area contributed by atoms with E-state index in [0.717, 1.165) is 5.56 Å². The van der Waals surface area contributed by atoms with Crippen molar-refractivity contribution in [1.29, 1.82) is 0 Å². The van der Waals surface area contributed by atoms with E-state index >= 15 is 0 Å². The minimum Gasteiger partial charge on any atom is -0.493 e. The molecule has 0 spiro atoms. The average Bonchev–Trinajstić information content (AvgIpc) is 2.86. The number of nitrogens with zero attached hydrogens (tertiary/aromatic N) is 3. The van der Waals surface area contributed by atoms with E-state index in [9.17, 15) is 4.79 Å². The highest BCUT2D eigenvalue weighted by Gasteiger charge is 2.17. The van der Waals surface area contributed by atoms with E-state index in [0.29, 0.717) is 24.9 Å². The monoisotopic (exact) mass is 378 g/mol. The van der Waals surface area contributed by atoms with Crippen LogP contribution < -0.4 is 10.1 Å². The number of rotatable bonds is 7. The highest BCUT2D eigenvalue weighted by atomic mass is 32.1. The first-order chi connectivity index (χ1) is 12.2. The van der Waals surface area contributed by atoms with Crippen molar-refractivity contribution in [2.45, 2.75) is 39.9 Å². The van der Waals surface area contributed by atoms with E-state index in [1.807, 2.05) is 63.9 Å². The number of nitrogens with one attached hydrogen (secondary N) is 1. The second-order valence-corrected chi connectivity index (χ2v) is 7.40. The van der Waals surface area contributed by atoms with E-state index in [4.69, 9.17) is 21.4 Å². The van der Waals surface area contributed by atoms with Gasteiger partial charge in [-0.25, -0.2) is 4.68 Å². The first-order valence-electron chi connectivity index (χ1n) is 8.49. The first kappa shape index (κ1) is 20.1. The third kappa shape index (κ3) is 5.67. The van der Waals surface area contributed by atoms with Crippen LogP contribution >= 0.6 is 12.2 Å². The fourth-order valence-electron chi connectivity index (χ4n) is 2.41. The van der Waals surface area contributed by atoms with Gasteiger partial charge < -0.3 is 14.5 Å². The Morgan fingerprint density at radius 3 is 2.73 bits per heavy atom. The maximum Gasteiger partial charge on any atom is 0.288 e. The summed E-state index contributed by atoms with van der Waals surface area (Å²) in [6.45, 7) is 8.88. The highest BCUT2D eigenvalue weighted by Crippen LogP contribution is 2.28. The van der Waals surface area contributed by atoms with Crippen molar-refractivity contribution in [1.82, 2.24) is 20.0 Å². The summed E-state index contributed by atoms with van der Waals surface area (Å²) in [5.41, 5.74) is 0.477. The van der Waals surface area contributed by atoms with Crippen molar-refractivity contribution in [3.05, 3.63) is 29.1 Å². The maximum atomic E-state index is 12.0. The molecule has 0 atom stereocenters. The van der Waals surface area contributed by atoms with Gasteiger partial charge in [-0.1, -0.05) is 12.1 Å². The molecule has 7 nitrogen and oxygen atoms in total. The summed E-state index contributed by atoms with van der Waals surface area (Å²) in [6, 6.07) is 7.51. The SMILES string of the molecule is CCOc1ccccc1-c1nn(CN(C)CC(=O)NC(C)(C)C)c(=S)o1. The van der Waals surface area contributed by atoms with Gasteiger partial charge in [0.2, 0.25) is 5.91 Å². The van der Waals surface area contributed by atoms with Crippen molar-refractivity contribution >= 4 is 18.1 Å². The van der Waals surface area contributed by atoms with E-state index < -0.39 is 0 Å². The van der Waals surface area contributed by atoms with Crippen LogP contribution in [0.4, 0.5) is 0 Å². The molecule has 0 saturated carbocycles. The minimum absolute atomic E-state index is 0.0584. The summed E-state index contributed by atoms with van der Waals surface area (Å²) in [5, 5.41) is 7.36. The van der Waals surface area contributed by atoms with Crippen LogP contribution in [-0.2, 0) is 11.5 Å². The fourth-order valence-corrected chi connectivity index (χ4v) is 2.59. The number of aromatic nitrogens is 2. The molecule has 0 aliphatic heterocycles. The van der Waals surface area contributed by atoms with Gasteiger partial charge in [0.1, 0.15) is 5.75 Å². The summed E-state index contributed by atoms with van der Waals surface area (Å²) in [6.07, 6.45) is 0. The zero-order valence-corrected chi connectivity index (χ0v) is 16.7. The number of benzene rings is 1. The van der Waals surface area contributed by atoms with Gasteiger partial charge in [-0.2, -0.15) is 0 Å². The third-order valence-corrected chi connectivity index (χ3v) is 3.62. The molecule has 26 heavy (non-hydrogen) atoms. The number of ether oxygens (including phenoxy) is 1. The predicted octanol–water partition coefficient (Wildman–Crippen LogP) is 3.08. The van der Waals surface area contributed by atoms with Crippen LogP contribution in [0.25, 0.3) is 11.5 Å². The van der Waals surface area contributed by atoms with Crippen molar-refractivity contribution in [2.24, 2.45) is 0 Å². The molecule has 2 aromatic rings. The molecule has 2 rings (SSSR count). The lowest BCUT2D eigenvalue weighted by Gasteiger charge is -2.23. The van der Waals surface area contributed by atoms with E-state index in [1.54, 1.807) is 4.68 Å². The van der Waals surface area contributed by atoms with Crippen LogP contribution in [0.3, 0.4) is 0 Å². The average molecular weight is 378 g/mol. The Hall–Kier alpha value is -2.19. The minimum atomic E-state index is -0.266. The number of carbonyl (C=O) groups is 1. The number of amides is 1. The van der Waals surface area contributed by atoms with E-state index in [2.05, 4.69) is 10.4 Å². The summed E-state index contributed by atoms with van der Waals surface area (Å²) >= 11 is 5.27. The summed E-state index contributed by atoms with van der Waals surface area (Å²) < 4.78 is 12.8. The summed E-state index contributed by atoms with van der Waals surface area (Å²) in [4.78, 5) is 14.1. The molecular formula is C18H26N4O3S. The van der Waals surface area contributed by atoms with Crippen LogP contribution in [0.1, 0.15) is 27.7 Å². The molecule has 8 heteroatoms. The zero-order chi connectivity index (χ0) is 19.3. The standard InChI is InChI=1S/C18H26N4O3S/c1-6-24-14-10-8-7-9-13(14)16-20-22(17(26)25-16)12-21(5)11-15(23)19-18(2,3)4/h7-10H,6,11-12H2,1-5H3,(H,19,23). The molecule has 1 aromatic carbocycles. The Morgan fingerprint density at radius 2 is 2.08 bits per heavy atom. The molecule has 0 aliphatic rings. The number of hydrogen-bond donors (Lipinski definition) is 1. The molecule has 0 aliphatic carbocycles. The first-order valence-corrected chi connectivity index (χ1v) is 8.90. The van der Waals surface area contributed by atoms with Crippen LogP contribution in [0.2, 0.25) is 0 Å². The Morgan fingerprint density at radius 1 is 1.38 bits per heavy atom. The lowest BCUT2D eigenvalue weighted by atomic mass is 10.1. The van der Waals surface area contributed by atoms with E-state index in [1.165, 1.54) is 0 Å². The van der Waals surface area contributed by atoms with Crippen LogP contribution in [0, 0.1) is 4.84 Å². The Kier molecular flexibility index (Phi) is 6.55. The Balaban J connectivity index is 2.11. The molecule has 0 unspecified atom stereocenters. The molecule has 0 bridgehead atoms. The van der Waals surface area contributed by atoms with Crippen molar-refractivity contribution < 1.29 is 13.9 Å². The molecule has 0 fully saturated rings. The topological polar surface area (TPSA) is 72.5 Å². The Labute approximate surface area is 158 Å². The highest BCUT2D eigenvalue weighted by molar-refractivity contribution is 7.71. The molecular weight excluding hydrogens is 352 g/mol. The largest absolute Gasteiger partial charge is 0.493 e. The number of para-hydroxylation sites is 1. The zero-order valence-electron chi connectivity index (χ0n) is 15.9. The van der Waals surface area contributed by atoms with Crippen molar-refractivity contribution in [3.63, 3.8) is 0 Å². The lowest BCUT2D eigenvalue weighted by molar-refractivity contribution is -0.123. The molecule has 142 valence electrons. The van der Waals surface area contributed by atoms with Crippen molar-refractivity contribution in [2.75, 3.05) is 20.2 Å². The van der Waals surface area contributed by atoms with Gasteiger partial charge in [0, 0.05) is 5.54 Å². The van der Waals surface area contributed by atoms with Gasteiger partial charge >= 0.3 is 0 Å². The second kappa shape index (κ2) is 8.46. The van der Waals surface area contributed by atoms with Crippen LogP contribution in [0.15, 0.2) is 28.7 Å². The molecule has 0 radical (unpaired) electrons. The van der Waals surface area contributed by atoms with Crippen molar-refractivity contribution in [3.8, 4) is 17.2 Å². The number of likely N-dealkylation sites (N-methyl/N-ethyl adjacent to an activating group) is 1. The molecule has 1 amide bonds. The van der Waals surface area contributed by atoms with Gasteiger partial charge in [0.15, 0.2) is 0 Å². The summed E-state index contributed by atoms with van der Waals surface area (Å²) in [5.74, 6) is 1.03. The van der Waals surface area contributed by atoms with Gasteiger partial charge in [-0.15, -0.1) is 5.10 Å². The van der Waals surface area contributed by atoms with Crippen LogP contribution in [0.5, 0.6) is 5.75 Å². The van der Waals surface area contributed by atoms with Gasteiger partial charge in [-0.3, -0.25) is 9.69 Å². The third-order valence-electron chi connectivity index (χ3n) is 3.33. The van der Waals surface area contributed by atoms with Gasteiger partial charge in [0.05, 0.1) is 25.4 Å². The van der Waals surface area contributed by atoms with Gasteiger partial charge in [-0.05, 0) is 59.1 Å². The fraction of sp³-hybridized carbons (Fsp3) is 0.500. The molecule has 1 aromatic heterocycles. The number of carbonyl (C=O) groups excluding carboxylic acids is 1. The van der Waals surface area contributed by atoms with E-state index in [-0.39, 0.29) is 22.8 Å². The Bertz CT molecular complexity index is 807.